The minimum atomic E-state index is -4.96. The molecule has 0 saturated heterocycles. The number of hydrogen-bond donors (Lipinski definition) is 1. The molecule has 1 N–H and O–H groups in total. The summed E-state index contributed by atoms with van der Waals surface area (Å²) in [4.78, 5) is 11.1. The van der Waals surface area contributed by atoms with Gasteiger partial charge in [0.1, 0.15) is 6.61 Å². The zero-order chi connectivity index (χ0) is 15.6. The second kappa shape index (κ2) is 5.70. The van der Waals surface area contributed by atoms with E-state index in [4.69, 9.17) is 0 Å². The highest BCUT2D eigenvalue weighted by atomic mass is 19.4. The number of halogens is 6. The fourth-order valence-electron chi connectivity index (χ4n) is 1.36. The Morgan fingerprint density at radius 2 is 1.50 bits per heavy atom. The molecular formula is C11H9F6NO2. The summed E-state index contributed by atoms with van der Waals surface area (Å²) >= 11 is 0. The van der Waals surface area contributed by atoms with E-state index < -0.39 is 41.7 Å². The molecule has 0 spiro atoms. The number of carbonyl (C=O) groups is 1. The van der Waals surface area contributed by atoms with Gasteiger partial charge in [-0.2, -0.15) is 26.3 Å². The van der Waals surface area contributed by atoms with Crippen molar-refractivity contribution in [3.05, 3.63) is 29.3 Å². The van der Waals surface area contributed by atoms with E-state index in [0.29, 0.717) is 12.1 Å². The van der Waals surface area contributed by atoms with Crippen LogP contribution in [0.3, 0.4) is 0 Å². The van der Waals surface area contributed by atoms with Crippen LogP contribution in [0.1, 0.15) is 11.1 Å². The Balaban J connectivity index is 3.21. The lowest BCUT2D eigenvalue weighted by Gasteiger charge is -2.14. The Morgan fingerprint density at radius 1 is 1.05 bits per heavy atom. The predicted octanol–water partition coefficient (Wildman–Crippen LogP) is 3.31. The van der Waals surface area contributed by atoms with Gasteiger partial charge in [0.25, 0.3) is 0 Å². The van der Waals surface area contributed by atoms with Gasteiger partial charge in [0, 0.05) is 12.8 Å². The van der Waals surface area contributed by atoms with E-state index in [1.165, 1.54) is 0 Å². The molecule has 3 nitrogen and oxygen atoms in total. The molecule has 112 valence electrons. The lowest BCUT2D eigenvalue weighted by atomic mass is 10.1. The van der Waals surface area contributed by atoms with Crippen molar-refractivity contribution in [2.24, 2.45) is 0 Å². The molecule has 0 bridgehead atoms. The maximum atomic E-state index is 12.5. The van der Waals surface area contributed by atoms with Crippen LogP contribution in [0.15, 0.2) is 18.2 Å². The topological polar surface area (TPSA) is 38.3 Å². The second-order valence-electron chi connectivity index (χ2n) is 3.78. The maximum absolute atomic E-state index is 12.5. The van der Waals surface area contributed by atoms with Gasteiger partial charge < -0.3 is 10.1 Å². The van der Waals surface area contributed by atoms with Crippen LogP contribution in [0.25, 0.3) is 0 Å². The van der Waals surface area contributed by atoms with E-state index in [-0.39, 0.29) is 6.07 Å². The van der Waals surface area contributed by atoms with Crippen molar-refractivity contribution >= 4 is 11.6 Å². The molecule has 0 saturated carbocycles. The van der Waals surface area contributed by atoms with Gasteiger partial charge in [-0.1, -0.05) is 0 Å². The van der Waals surface area contributed by atoms with Gasteiger partial charge in [-0.25, -0.2) is 0 Å². The van der Waals surface area contributed by atoms with Crippen LogP contribution in [0.4, 0.5) is 32.0 Å². The van der Waals surface area contributed by atoms with Crippen LogP contribution >= 0.6 is 0 Å². The normalized spacial score (nSPS) is 12.3. The average Bonchev–Trinajstić information content (AvgIpc) is 2.26. The summed E-state index contributed by atoms with van der Waals surface area (Å²) in [5.74, 6) is -0.861. The Labute approximate surface area is 109 Å². The van der Waals surface area contributed by atoms with Crippen LogP contribution in [0.2, 0.25) is 0 Å². The number of amides is 1. The molecule has 0 atom stereocenters. The molecule has 0 unspecified atom stereocenters. The minimum Gasteiger partial charge on any atom is -0.375 e. The third-order valence-corrected chi connectivity index (χ3v) is 2.15. The largest absolute Gasteiger partial charge is 0.416 e. The van der Waals surface area contributed by atoms with Crippen molar-refractivity contribution in [2.75, 3.05) is 19.0 Å². The smallest absolute Gasteiger partial charge is 0.375 e. The van der Waals surface area contributed by atoms with Gasteiger partial charge in [0.05, 0.1) is 11.1 Å². The number of hydrogen-bond acceptors (Lipinski definition) is 2. The Morgan fingerprint density at radius 3 is 1.85 bits per heavy atom. The van der Waals surface area contributed by atoms with Gasteiger partial charge in [-0.05, 0) is 18.2 Å². The molecule has 1 amide bonds. The molecule has 0 aromatic heterocycles. The van der Waals surface area contributed by atoms with Gasteiger partial charge in [-0.3, -0.25) is 4.79 Å². The number of carbonyl (C=O) groups excluding carboxylic acids is 1. The number of benzene rings is 1. The van der Waals surface area contributed by atoms with Crippen LogP contribution in [-0.4, -0.2) is 19.6 Å². The number of anilines is 1. The molecule has 0 radical (unpaired) electrons. The number of ether oxygens (including phenoxy) is 1. The van der Waals surface area contributed by atoms with E-state index in [9.17, 15) is 31.1 Å². The highest BCUT2D eigenvalue weighted by Crippen LogP contribution is 2.37. The number of alkyl halides is 6. The summed E-state index contributed by atoms with van der Waals surface area (Å²) in [6.07, 6.45) is -9.91. The number of rotatable bonds is 3. The molecule has 20 heavy (non-hydrogen) atoms. The predicted molar refractivity (Wildman–Crippen MR) is 57.0 cm³/mol. The van der Waals surface area contributed by atoms with E-state index in [2.05, 4.69) is 4.74 Å². The van der Waals surface area contributed by atoms with Crippen LogP contribution in [-0.2, 0) is 21.9 Å². The van der Waals surface area contributed by atoms with E-state index in [0.717, 1.165) is 7.11 Å². The molecular weight excluding hydrogens is 292 g/mol. The van der Waals surface area contributed by atoms with Gasteiger partial charge in [0.15, 0.2) is 0 Å². The summed E-state index contributed by atoms with van der Waals surface area (Å²) in [5, 5.41) is 1.90. The first kappa shape index (κ1) is 16.3. The van der Waals surface area contributed by atoms with Crippen molar-refractivity contribution in [2.45, 2.75) is 12.4 Å². The van der Waals surface area contributed by atoms with E-state index in [1.807, 2.05) is 5.32 Å². The Kier molecular flexibility index (Phi) is 4.64. The molecule has 0 aliphatic carbocycles. The monoisotopic (exact) mass is 301 g/mol. The highest BCUT2D eigenvalue weighted by molar-refractivity contribution is 5.91. The molecule has 0 aliphatic rings. The molecule has 1 aromatic carbocycles. The summed E-state index contributed by atoms with van der Waals surface area (Å²) in [7, 11) is 1.16. The molecule has 1 rings (SSSR count). The van der Waals surface area contributed by atoms with Crippen molar-refractivity contribution in [3.63, 3.8) is 0 Å². The van der Waals surface area contributed by atoms with Crippen molar-refractivity contribution in [1.29, 1.82) is 0 Å². The maximum Gasteiger partial charge on any atom is 0.416 e. The van der Waals surface area contributed by atoms with E-state index in [1.54, 1.807) is 0 Å². The van der Waals surface area contributed by atoms with Crippen LogP contribution < -0.4 is 5.32 Å². The first-order chi connectivity index (χ1) is 9.04. The first-order valence-electron chi connectivity index (χ1n) is 5.12. The fourth-order valence-corrected chi connectivity index (χ4v) is 1.36. The van der Waals surface area contributed by atoms with Crippen molar-refractivity contribution in [3.8, 4) is 0 Å². The lowest BCUT2D eigenvalue weighted by molar-refractivity contribution is -0.143. The van der Waals surface area contributed by atoms with Gasteiger partial charge >= 0.3 is 12.4 Å². The SMILES string of the molecule is COCC(=O)Nc1cc(C(F)(F)F)cc(C(F)(F)F)c1. The number of methoxy groups -OCH3 is 1. The summed E-state index contributed by atoms with van der Waals surface area (Å²) in [5.41, 5.74) is -3.60. The molecule has 0 fully saturated rings. The zero-order valence-corrected chi connectivity index (χ0v) is 10.0. The minimum absolute atomic E-state index is 0.0218. The summed E-state index contributed by atoms with van der Waals surface area (Å²) in [6, 6.07) is 0.817. The Bertz CT molecular complexity index is 462. The quantitative estimate of drug-likeness (QED) is 0.870. The molecule has 0 heterocycles. The Hall–Kier alpha value is -1.77. The lowest BCUT2D eigenvalue weighted by Crippen LogP contribution is -2.19. The number of nitrogens with one attached hydrogen (secondary N) is 1. The van der Waals surface area contributed by atoms with Gasteiger partial charge in [0.2, 0.25) is 5.91 Å². The summed E-state index contributed by atoms with van der Waals surface area (Å²) < 4.78 is 79.5. The second-order valence-corrected chi connectivity index (χ2v) is 3.78. The van der Waals surface area contributed by atoms with Crippen molar-refractivity contribution < 1.29 is 35.9 Å². The fraction of sp³-hybridized carbons (Fsp3) is 0.364. The average molecular weight is 301 g/mol. The molecule has 0 aliphatic heterocycles. The molecule has 1 aromatic rings. The van der Waals surface area contributed by atoms with Crippen LogP contribution in [0.5, 0.6) is 0 Å². The highest BCUT2D eigenvalue weighted by Gasteiger charge is 2.37. The van der Waals surface area contributed by atoms with Gasteiger partial charge in [-0.15, -0.1) is 0 Å². The van der Waals surface area contributed by atoms with Crippen LogP contribution in [0, 0.1) is 0 Å². The third kappa shape index (κ3) is 4.41. The molecule has 9 heteroatoms. The zero-order valence-electron chi connectivity index (χ0n) is 10.0. The van der Waals surface area contributed by atoms with Crippen molar-refractivity contribution in [1.82, 2.24) is 0 Å². The standard InChI is InChI=1S/C11H9F6NO2/c1-20-5-9(19)18-8-3-6(10(12,13)14)2-7(4-8)11(15,16)17/h2-4H,5H2,1H3,(H,18,19). The van der Waals surface area contributed by atoms with E-state index >= 15 is 0 Å². The summed E-state index contributed by atoms with van der Waals surface area (Å²) in [6.45, 7) is -0.488. The first-order valence-corrected chi connectivity index (χ1v) is 5.12. The third-order valence-electron chi connectivity index (χ3n) is 2.15.